The molecule has 21 heavy (non-hydrogen) atoms. The van der Waals surface area contributed by atoms with Crippen LogP contribution in [0.15, 0.2) is 47.1 Å². The quantitative estimate of drug-likeness (QED) is 0.842. The number of benzene rings is 1. The summed E-state index contributed by atoms with van der Waals surface area (Å²) in [5.41, 5.74) is 8.12. The van der Waals surface area contributed by atoms with Gasteiger partial charge in [-0.05, 0) is 25.0 Å². The van der Waals surface area contributed by atoms with E-state index in [-0.39, 0.29) is 11.5 Å². The number of hydrogen-bond acceptors (Lipinski definition) is 5. The third-order valence-electron chi connectivity index (χ3n) is 3.51. The largest absolute Gasteiger partial charge is 0.466 e. The van der Waals surface area contributed by atoms with Crippen molar-refractivity contribution in [2.24, 2.45) is 5.73 Å². The molecular weight excluding hydrogens is 268 g/mol. The van der Waals surface area contributed by atoms with Crippen molar-refractivity contribution in [3.8, 4) is 6.07 Å². The first-order valence-electron chi connectivity index (χ1n) is 6.43. The molecule has 0 unspecified atom stereocenters. The molecule has 0 aliphatic carbocycles. The fraction of sp³-hybridized carbons (Fsp3) is 0.250. The van der Waals surface area contributed by atoms with Crippen molar-refractivity contribution in [1.82, 2.24) is 0 Å². The Balaban J connectivity index is 2.70. The van der Waals surface area contributed by atoms with Crippen LogP contribution in [0.4, 0.5) is 0 Å². The Hall–Kier alpha value is -2.74. The third kappa shape index (κ3) is 2.48. The van der Waals surface area contributed by atoms with Crippen LogP contribution in [-0.4, -0.2) is 13.1 Å². The van der Waals surface area contributed by atoms with Gasteiger partial charge in [-0.25, -0.2) is 4.79 Å². The maximum absolute atomic E-state index is 12.1. The number of nitriles is 1. The number of carbonyl (C=O) groups is 1. The lowest BCUT2D eigenvalue weighted by atomic mass is 9.81. The van der Waals surface area contributed by atoms with Gasteiger partial charge in [-0.1, -0.05) is 24.3 Å². The number of allylic oxidation sites excluding steroid dienone is 2. The molecule has 0 fully saturated rings. The highest BCUT2D eigenvalue weighted by Crippen LogP contribution is 2.40. The van der Waals surface area contributed by atoms with Crippen molar-refractivity contribution in [2.45, 2.75) is 19.8 Å². The predicted molar refractivity (Wildman–Crippen MR) is 76.5 cm³/mol. The summed E-state index contributed by atoms with van der Waals surface area (Å²) < 4.78 is 10.2. The third-order valence-corrected chi connectivity index (χ3v) is 3.51. The summed E-state index contributed by atoms with van der Waals surface area (Å²) >= 11 is 0. The molecular formula is C16H16N2O3. The van der Waals surface area contributed by atoms with E-state index in [0.29, 0.717) is 11.3 Å². The molecule has 5 nitrogen and oxygen atoms in total. The molecule has 0 saturated carbocycles. The van der Waals surface area contributed by atoms with Crippen LogP contribution in [-0.2, 0) is 14.3 Å². The van der Waals surface area contributed by atoms with E-state index in [4.69, 9.17) is 15.2 Å². The van der Waals surface area contributed by atoms with Crippen molar-refractivity contribution < 1.29 is 14.3 Å². The minimum absolute atomic E-state index is 0.0240. The van der Waals surface area contributed by atoms with Crippen LogP contribution in [0.5, 0.6) is 0 Å². The van der Waals surface area contributed by atoms with E-state index in [1.807, 2.05) is 37.3 Å². The molecule has 108 valence electrons. The minimum Gasteiger partial charge on any atom is -0.466 e. The van der Waals surface area contributed by atoms with E-state index in [9.17, 15) is 10.1 Å². The number of rotatable bonds is 2. The highest BCUT2D eigenvalue weighted by atomic mass is 16.5. The van der Waals surface area contributed by atoms with Crippen LogP contribution >= 0.6 is 0 Å². The van der Waals surface area contributed by atoms with Crippen molar-refractivity contribution in [1.29, 1.82) is 5.26 Å². The van der Waals surface area contributed by atoms with E-state index >= 15 is 0 Å². The van der Waals surface area contributed by atoms with E-state index in [1.54, 1.807) is 6.92 Å². The van der Waals surface area contributed by atoms with Crippen LogP contribution in [0.3, 0.4) is 0 Å². The monoisotopic (exact) mass is 284 g/mol. The van der Waals surface area contributed by atoms with Gasteiger partial charge < -0.3 is 15.2 Å². The summed E-state index contributed by atoms with van der Waals surface area (Å²) in [6.07, 6.45) is 0. The van der Waals surface area contributed by atoms with Gasteiger partial charge in [0.2, 0.25) is 5.88 Å². The fourth-order valence-electron chi connectivity index (χ4n) is 2.48. The van der Waals surface area contributed by atoms with Crippen LogP contribution < -0.4 is 5.73 Å². The van der Waals surface area contributed by atoms with Gasteiger partial charge in [0.25, 0.3) is 0 Å². The van der Waals surface area contributed by atoms with E-state index in [0.717, 1.165) is 11.1 Å². The van der Waals surface area contributed by atoms with Gasteiger partial charge in [0.15, 0.2) is 0 Å². The average molecular weight is 284 g/mol. The Morgan fingerprint density at radius 3 is 2.62 bits per heavy atom. The molecule has 1 aliphatic rings. The van der Waals surface area contributed by atoms with Gasteiger partial charge in [-0.3, -0.25) is 0 Å². The summed E-state index contributed by atoms with van der Waals surface area (Å²) in [7, 11) is 1.30. The SMILES string of the molecule is COC(=O)C1=C(C)OC(N)=C(C#N)[C@@H]1c1ccccc1C. The van der Waals surface area contributed by atoms with E-state index in [1.165, 1.54) is 7.11 Å². The number of methoxy groups -OCH3 is 1. The maximum Gasteiger partial charge on any atom is 0.338 e. The van der Waals surface area contributed by atoms with Crippen LogP contribution in [0, 0.1) is 18.3 Å². The Kier molecular flexibility index (Phi) is 3.99. The molecule has 1 aromatic carbocycles. The number of nitrogens with two attached hydrogens (primary N) is 1. The van der Waals surface area contributed by atoms with Crippen molar-refractivity contribution in [3.05, 3.63) is 58.2 Å². The maximum atomic E-state index is 12.1. The first-order valence-corrected chi connectivity index (χ1v) is 6.43. The summed E-state index contributed by atoms with van der Waals surface area (Å²) in [5, 5.41) is 9.40. The summed E-state index contributed by atoms with van der Waals surface area (Å²) in [6.45, 7) is 3.55. The molecule has 0 aromatic heterocycles. The standard InChI is InChI=1S/C16H16N2O3/c1-9-6-4-5-7-11(9)14-12(8-17)15(18)21-10(2)13(14)16(19)20-3/h4-7,14H,18H2,1-3H3/t14-/m0/s1. The Bertz CT molecular complexity index is 696. The van der Waals surface area contributed by atoms with Crippen molar-refractivity contribution in [2.75, 3.05) is 7.11 Å². The van der Waals surface area contributed by atoms with E-state index in [2.05, 4.69) is 0 Å². The summed E-state index contributed by atoms with van der Waals surface area (Å²) in [4.78, 5) is 12.1. The number of ether oxygens (including phenoxy) is 2. The second-order valence-corrected chi connectivity index (χ2v) is 4.74. The van der Waals surface area contributed by atoms with Crippen LogP contribution in [0.2, 0.25) is 0 Å². The van der Waals surface area contributed by atoms with Crippen LogP contribution in [0.1, 0.15) is 24.0 Å². The Morgan fingerprint density at radius 1 is 1.38 bits per heavy atom. The highest BCUT2D eigenvalue weighted by molar-refractivity contribution is 5.92. The topological polar surface area (TPSA) is 85.3 Å². The van der Waals surface area contributed by atoms with Gasteiger partial charge in [-0.2, -0.15) is 5.26 Å². The number of aryl methyl sites for hydroxylation is 1. The summed E-state index contributed by atoms with van der Waals surface area (Å²) in [6, 6.07) is 9.58. The molecule has 5 heteroatoms. The summed E-state index contributed by atoms with van der Waals surface area (Å²) in [5.74, 6) is -0.721. The molecule has 0 amide bonds. The number of nitrogens with zero attached hydrogens (tertiary/aromatic N) is 1. The highest BCUT2D eigenvalue weighted by Gasteiger charge is 2.36. The number of esters is 1. The van der Waals surface area contributed by atoms with Gasteiger partial charge in [-0.15, -0.1) is 0 Å². The molecule has 1 heterocycles. The second kappa shape index (κ2) is 5.71. The van der Waals surface area contributed by atoms with Gasteiger partial charge in [0.05, 0.1) is 18.6 Å². The number of hydrogen-bond donors (Lipinski definition) is 1. The van der Waals surface area contributed by atoms with Crippen molar-refractivity contribution >= 4 is 5.97 Å². The molecule has 0 spiro atoms. The normalized spacial score (nSPS) is 18.1. The lowest BCUT2D eigenvalue weighted by Gasteiger charge is -2.27. The van der Waals surface area contributed by atoms with Gasteiger partial charge in [0, 0.05) is 0 Å². The Labute approximate surface area is 123 Å². The predicted octanol–water partition coefficient (Wildman–Crippen LogP) is 2.25. The molecule has 2 N–H and O–H groups in total. The number of carbonyl (C=O) groups excluding carboxylic acids is 1. The van der Waals surface area contributed by atoms with Crippen LogP contribution in [0.25, 0.3) is 0 Å². The molecule has 2 rings (SSSR count). The zero-order valence-corrected chi connectivity index (χ0v) is 12.1. The fourth-order valence-corrected chi connectivity index (χ4v) is 2.48. The second-order valence-electron chi connectivity index (χ2n) is 4.74. The zero-order valence-electron chi connectivity index (χ0n) is 12.1. The minimum atomic E-state index is -0.572. The molecule has 0 bridgehead atoms. The molecule has 0 radical (unpaired) electrons. The average Bonchev–Trinajstić information content (AvgIpc) is 2.46. The molecule has 0 saturated heterocycles. The lowest BCUT2D eigenvalue weighted by Crippen LogP contribution is -2.25. The first kappa shape index (κ1) is 14.7. The lowest BCUT2D eigenvalue weighted by molar-refractivity contribution is -0.136. The molecule has 1 atom stereocenters. The smallest absolute Gasteiger partial charge is 0.338 e. The van der Waals surface area contributed by atoms with E-state index < -0.39 is 11.9 Å². The zero-order chi connectivity index (χ0) is 15.6. The van der Waals surface area contributed by atoms with Crippen molar-refractivity contribution in [3.63, 3.8) is 0 Å². The molecule has 1 aromatic rings. The Morgan fingerprint density at radius 2 is 2.05 bits per heavy atom. The van der Waals surface area contributed by atoms with Gasteiger partial charge in [0.1, 0.15) is 17.4 Å². The van der Waals surface area contributed by atoms with Gasteiger partial charge >= 0.3 is 5.97 Å². The first-order chi connectivity index (χ1) is 10.0. The molecule has 1 aliphatic heterocycles.